The highest BCUT2D eigenvalue weighted by molar-refractivity contribution is 5.72. The molecule has 0 aliphatic carbocycles. The van der Waals surface area contributed by atoms with E-state index in [4.69, 9.17) is 0 Å². The fourth-order valence-corrected chi connectivity index (χ4v) is 2.18. The molecule has 0 saturated carbocycles. The molecule has 0 aromatic heterocycles. The highest BCUT2D eigenvalue weighted by Gasteiger charge is 2.22. The lowest BCUT2D eigenvalue weighted by Gasteiger charge is -2.33. The van der Waals surface area contributed by atoms with Crippen LogP contribution in [0.3, 0.4) is 0 Å². The number of carbonyl (C=O) groups excluding carboxylic acids is 1. The molecular formula is C11H23N2O+. The molecule has 0 atom stereocenters. The third-order valence-electron chi connectivity index (χ3n) is 3.17. The summed E-state index contributed by atoms with van der Waals surface area (Å²) in [6, 6.07) is 0. The van der Waals surface area contributed by atoms with Crippen LogP contribution in [0.1, 0.15) is 32.6 Å². The van der Waals surface area contributed by atoms with Crippen LogP contribution in [0.5, 0.6) is 0 Å². The highest BCUT2D eigenvalue weighted by atomic mass is 16.1. The molecule has 1 aliphatic rings. The first kappa shape index (κ1) is 11.5. The SMILES string of the molecule is CC(=O)NCC[N+]1(C)CCCCCC1. The number of hydrogen-bond donors (Lipinski definition) is 1. The number of nitrogens with one attached hydrogen (secondary N) is 1. The lowest BCUT2D eigenvalue weighted by Crippen LogP contribution is -2.49. The number of likely N-dealkylation sites (N-methyl/N-ethyl adjacent to an activating group) is 1. The second-order valence-corrected chi connectivity index (χ2v) is 4.69. The molecule has 82 valence electrons. The molecule has 1 saturated heterocycles. The fourth-order valence-electron chi connectivity index (χ4n) is 2.18. The molecule has 3 nitrogen and oxygen atoms in total. The Balaban J connectivity index is 2.27. The molecule has 0 aromatic carbocycles. The van der Waals surface area contributed by atoms with Gasteiger partial charge in [-0.15, -0.1) is 0 Å². The highest BCUT2D eigenvalue weighted by Crippen LogP contribution is 2.15. The van der Waals surface area contributed by atoms with Gasteiger partial charge in [-0.05, 0) is 25.7 Å². The average molecular weight is 199 g/mol. The molecule has 0 spiro atoms. The Hall–Kier alpha value is -0.570. The van der Waals surface area contributed by atoms with Crippen LogP contribution in [0.4, 0.5) is 0 Å². The Kier molecular flexibility index (Phi) is 4.39. The zero-order chi connectivity index (χ0) is 10.4. The van der Waals surface area contributed by atoms with Crippen LogP contribution >= 0.6 is 0 Å². The van der Waals surface area contributed by atoms with Gasteiger partial charge >= 0.3 is 0 Å². The van der Waals surface area contributed by atoms with E-state index >= 15 is 0 Å². The molecule has 0 radical (unpaired) electrons. The summed E-state index contributed by atoms with van der Waals surface area (Å²) in [6.45, 7) is 6.05. The largest absolute Gasteiger partial charge is 0.351 e. The third-order valence-corrected chi connectivity index (χ3v) is 3.17. The molecule has 1 rings (SSSR count). The van der Waals surface area contributed by atoms with Crippen molar-refractivity contribution in [2.24, 2.45) is 0 Å². The number of hydrogen-bond acceptors (Lipinski definition) is 1. The molecule has 0 bridgehead atoms. The van der Waals surface area contributed by atoms with Crippen molar-refractivity contribution in [2.75, 3.05) is 33.2 Å². The van der Waals surface area contributed by atoms with E-state index in [0.717, 1.165) is 17.6 Å². The molecule has 0 unspecified atom stereocenters. The van der Waals surface area contributed by atoms with Crippen LogP contribution in [0, 0.1) is 0 Å². The molecule has 3 heteroatoms. The van der Waals surface area contributed by atoms with E-state index in [-0.39, 0.29) is 5.91 Å². The van der Waals surface area contributed by atoms with E-state index in [9.17, 15) is 4.79 Å². The minimum absolute atomic E-state index is 0.0893. The van der Waals surface area contributed by atoms with Crippen molar-refractivity contribution in [3.8, 4) is 0 Å². The number of quaternary nitrogens is 1. The fraction of sp³-hybridized carbons (Fsp3) is 0.909. The quantitative estimate of drug-likeness (QED) is 0.679. The third kappa shape index (κ3) is 4.09. The Morgan fingerprint density at radius 1 is 1.21 bits per heavy atom. The summed E-state index contributed by atoms with van der Waals surface area (Å²) in [6.07, 6.45) is 5.45. The van der Waals surface area contributed by atoms with Crippen LogP contribution < -0.4 is 5.32 Å². The van der Waals surface area contributed by atoms with Gasteiger partial charge < -0.3 is 9.80 Å². The number of amides is 1. The first-order valence-corrected chi connectivity index (χ1v) is 5.70. The second-order valence-electron chi connectivity index (χ2n) is 4.69. The lowest BCUT2D eigenvalue weighted by molar-refractivity contribution is -0.907. The Morgan fingerprint density at radius 2 is 1.79 bits per heavy atom. The van der Waals surface area contributed by atoms with E-state index < -0.39 is 0 Å². The van der Waals surface area contributed by atoms with Gasteiger partial charge in [-0.25, -0.2) is 0 Å². The minimum Gasteiger partial charge on any atom is -0.351 e. The van der Waals surface area contributed by atoms with Gasteiger partial charge in [0.25, 0.3) is 0 Å². The van der Waals surface area contributed by atoms with Crippen LogP contribution in [0.15, 0.2) is 0 Å². The first-order chi connectivity index (χ1) is 6.62. The van der Waals surface area contributed by atoms with Gasteiger partial charge in [0.1, 0.15) is 0 Å². The zero-order valence-electron chi connectivity index (χ0n) is 9.51. The Bertz CT molecular complexity index is 184. The van der Waals surface area contributed by atoms with Crippen molar-refractivity contribution in [3.63, 3.8) is 0 Å². The molecule has 14 heavy (non-hydrogen) atoms. The Morgan fingerprint density at radius 3 is 2.29 bits per heavy atom. The van der Waals surface area contributed by atoms with Gasteiger partial charge in [-0.3, -0.25) is 4.79 Å². The molecule has 1 N–H and O–H groups in total. The van der Waals surface area contributed by atoms with E-state index in [1.165, 1.54) is 38.8 Å². The number of likely N-dealkylation sites (tertiary alicyclic amines) is 1. The van der Waals surface area contributed by atoms with Crippen LogP contribution in [-0.4, -0.2) is 43.6 Å². The maximum absolute atomic E-state index is 10.7. The molecule has 1 aliphatic heterocycles. The number of nitrogens with zero attached hydrogens (tertiary/aromatic N) is 1. The summed E-state index contributed by atoms with van der Waals surface area (Å²) in [4.78, 5) is 10.7. The minimum atomic E-state index is 0.0893. The molecule has 0 aromatic rings. The topological polar surface area (TPSA) is 29.1 Å². The van der Waals surface area contributed by atoms with Gasteiger partial charge in [0.15, 0.2) is 0 Å². The predicted octanol–water partition coefficient (Wildman–Crippen LogP) is 1.14. The van der Waals surface area contributed by atoms with Gasteiger partial charge in [0, 0.05) is 6.92 Å². The van der Waals surface area contributed by atoms with Crippen LogP contribution in [0.2, 0.25) is 0 Å². The molecular weight excluding hydrogens is 176 g/mol. The molecule has 1 heterocycles. The van der Waals surface area contributed by atoms with Crippen molar-refractivity contribution >= 4 is 5.91 Å². The van der Waals surface area contributed by atoms with Crippen molar-refractivity contribution in [2.45, 2.75) is 32.6 Å². The lowest BCUT2D eigenvalue weighted by atomic mass is 10.2. The zero-order valence-corrected chi connectivity index (χ0v) is 9.51. The second kappa shape index (κ2) is 5.35. The summed E-state index contributed by atoms with van der Waals surface area (Å²) < 4.78 is 1.14. The van der Waals surface area contributed by atoms with E-state index in [2.05, 4.69) is 12.4 Å². The smallest absolute Gasteiger partial charge is 0.217 e. The van der Waals surface area contributed by atoms with E-state index in [1.807, 2.05) is 0 Å². The summed E-state index contributed by atoms with van der Waals surface area (Å²) in [5.41, 5.74) is 0. The maximum atomic E-state index is 10.7. The number of carbonyl (C=O) groups is 1. The van der Waals surface area contributed by atoms with Crippen LogP contribution in [-0.2, 0) is 4.79 Å². The van der Waals surface area contributed by atoms with Crippen molar-refractivity contribution in [1.29, 1.82) is 0 Å². The Labute approximate surface area is 87.1 Å². The summed E-state index contributed by atoms with van der Waals surface area (Å²) in [5.74, 6) is 0.0893. The van der Waals surface area contributed by atoms with Crippen LogP contribution in [0.25, 0.3) is 0 Å². The van der Waals surface area contributed by atoms with Crippen molar-refractivity contribution < 1.29 is 9.28 Å². The normalized spacial score (nSPS) is 21.3. The summed E-state index contributed by atoms with van der Waals surface area (Å²) in [5, 5.41) is 2.88. The van der Waals surface area contributed by atoms with Gasteiger partial charge in [0.2, 0.25) is 5.91 Å². The van der Waals surface area contributed by atoms with Gasteiger partial charge in [0.05, 0.1) is 33.2 Å². The number of rotatable bonds is 3. The van der Waals surface area contributed by atoms with Gasteiger partial charge in [-0.1, -0.05) is 0 Å². The average Bonchev–Trinajstić information content (AvgIpc) is 2.30. The monoisotopic (exact) mass is 199 g/mol. The van der Waals surface area contributed by atoms with Gasteiger partial charge in [-0.2, -0.15) is 0 Å². The van der Waals surface area contributed by atoms with Crippen molar-refractivity contribution in [3.05, 3.63) is 0 Å². The maximum Gasteiger partial charge on any atom is 0.217 e. The van der Waals surface area contributed by atoms with Crippen molar-refractivity contribution in [1.82, 2.24) is 5.32 Å². The predicted molar refractivity (Wildman–Crippen MR) is 57.9 cm³/mol. The van der Waals surface area contributed by atoms with E-state index in [1.54, 1.807) is 6.92 Å². The molecule has 1 fully saturated rings. The summed E-state index contributed by atoms with van der Waals surface area (Å²) in [7, 11) is 2.31. The summed E-state index contributed by atoms with van der Waals surface area (Å²) >= 11 is 0. The standard InChI is InChI=1S/C11H22N2O/c1-11(14)12-7-10-13(2)8-5-3-4-6-9-13/h3-10H2,1-2H3/p+1. The van der Waals surface area contributed by atoms with E-state index in [0.29, 0.717) is 0 Å². The first-order valence-electron chi connectivity index (χ1n) is 5.70. The molecule has 1 amide bonds.